The Hall–Kier alpha value is -1.65. The van der Waals surface area contributed by atoms with Crippen LogP contribution in [0.15, 0.2) is 30.3 Å². The zero-order chi connectivity index (χ0) is 16.9. The average molecular weight is 345 g/mol. The maximum atomic E-state index is 5.99. The van der Waals surface area contributed by atoms with Crippen LogP contribution in [0.5, 0.6) is 0 Å². The van der Waals surface area contributed by atoms with Crippen molar-refractivity contribution in [2.45, 2.75) is 32.6 Å². The average Bonchev–Trinajstić information content (AvgIpc) is 2.61. The number of halogens is 1. The van der Waals surface area contributed by atoms with E-state index in [1.54, 1.807) is 0 Å². The zero-order valence-corrected chi connectivity index (χ0v) is 15.1. The van der Waals surface area contributed by atoms with Crippen molar-refractivity contribution in [2.24, 2.45) is 5.92 Å². The number of rotatable bonds is 5. The van der Waals surface area contributed by atoms with Crippen LogP contribution in [0.4, 0.5) is 5.82 Å². The Morgan fingerprint density at radius 3 is 2.71 bits per heavy atom. The van der Waals surface area contributed by atoms with Crippen molar-refractivity contribution in [1.29, 1.82) is 0 Å². The van der Waals surface area contributed by atoms with Crippen molar-refractivity contribution in [3.8, 4) is 11.4 Å². The third-order valence-electron chi connectivity index (χ3n) is 4.41. The van der Waals surface area contributed by atoms with Gasteiger partial charge in [0.1, 0.15) is 5.82 Å². The molecule has 1 aromatic heterocycles. The monoisotopic (exact) mass is 344 g/mol. The molecule has 1 aromatic carbocycles. The molecule has 1 aliphatic heterocycles. The molecule has 0 radical (unpaired) electrons. The molecule has 2 N–H and O–H groups in total. The SMILES string of the molecule is CC(C)c1cc(NCC2CCCNC2)nc(-c2ccc(Cl)cc2)n1. The molecule has 1 saturated heterocycles. The van der Waals surface area contributed by atoms with Gasteiger partial charge in [0.25, 0.3) is 0 Å². The Kier molecular flexibility index (Phi) is 5.69. The summed E-state index contributed by atoms with van der Waals surface area (Å²) < 4.78 is 0. The highest BCUT2D eigenvalue weighted by Gasteiger charge is 2.14. The lowest BCUT2D eigenvalue weighted by molar-refractivity contribution is 0.392. The van der Waals surface area contributed by atoms with Gasteiger partial charge in [0, 0.05) is 28.9 Å². The van der Waals surface area contributed by atoms with E-state index in [1.165, 1.54) is 12.8 Å². The fraction of sp³-hybridized carbons (Fsp3) is 0.474. The van der Waals surface area contributed by atoms with Gasteiger partial charge in [-0.25, -0.2) is 9.97 Å². The van der Waals surface area contributed by atoms with E-state index < -0.39 is 0 Å². The molecule has 2 heterocycles. The van der Waals surface area contributed by atoms with Gasteiger partial charge in [-0.2, -0.15) is 0 Å². The van der Waals surface area contributed by atoms with E-state index in [0.29, 0.717) is 11.8 Å². The molecule has 3 rings (SSSR count). The maximum Gasteiger partial charge on any atom is 0.161 e. The zero-order valence-electron chi connectivity index (χ0n) is 14.3. The molecule has 1 aliphatic rings. The summed E-state index contributed by atoms with van der Waals surface area (Å²) in [5.74, 6) is 2.68. The number of benzene rings is 1. The van der Waals surface area contributed by atoms with Crippen LogP contribution in [0.2, 0.25) is 5.02 Å². The van der Waals surface area contributed by atoms with E-state index in [-0.39, 0.29) is 0 Å². The highest BCUT2D eigenvalue weighted by Crippen LogP contribution is 2.23. The van der Waals surface area contributed by atoms with Crippen molar-refractivity contribution in [3.05, 3.63) is 41.0 Å². The quantitative estimate of drug-likeness (QED) is 0.847. The third-order valence-corrected chi connectivity index (χ3v) is 4.66. The number of aromatic nitrogens is 2. The minimum atomic E-state index is 0.357. The normalized spacial score (nSPS) is 17.9. The Morgan fingerprint density at radius 2 is 2.04 bits per heavy atom. The third kappa shape index (κ3) is 4.46. The molecule has 128 valence electrons. The number of nitrogens with one attached hydrogen (secondary N) is 2. The number of hydrogen-bond acceptors (Lipinski definition) is 4. The van der Waals surface area contributed by atoms with Gasteiger partial charge in [0.05, 0.1) is 0 Å². The summed E-state index contributed by atoms with van der Waals surface area (Å²) in [5.41, 5.74) is 2.04. The summed E-state index contributed by atoms with van der Waals surface area (Å²) in [4.78, 5) is 9.44. The number of nitrogens with zero attached hydrogens (tertiary/aromatic N) is 2. The molecule has 1 unspecified atom stereocenters. The van der Waals surface area contributed by atoms with Crippen LogP contribution in [-0.4, -0.2) is 29.6 Å². The molecule has 0 saturated carbocycles. The van der Waals surface area contributed by atoms with Gasteiger partial charge in [0.15, 0.2) is 5.82 Å². The largest absolute Gasteiger partial charge is 0.370 e. The van der Waals surface area contributed by atoms with Crippen LogP contribution in [-0.2, 0) is 0 Å². The van der Waals surface area contributed by atoms with E-state index in [0.717, 1.165) is 47.6 Å². The van der Waals surface area contributed by atoms with Crippen molar-refractivity contribution >= 4 is 17.4 Å². The summed E-state index contributed by atoms with van der Waals surface area (Å²) in [5, 5.41) is 7.70. The van der Waals surface area contributed by atoms with E-state index in [4.69, 9.17) is 21.6 Å². The Bertz CT molecular complexity index is 664. The lowest BCUT2D eigenvalue weighted by Crippen LogP contribution is -2.33. The molecule has 2 aromatic rings. The molecule has 4 nitrogen and oxygen atoms in total. The van der Waals surface area contributed by atoms with Gasteiger partial charge in [-0.3, -0.25) is 0 Å². The van der Waals surface area contributed by atoms with Crippen molar-refractivity contribution < 1.29 is 0 Å². The highest BCUT2D eigenvalue weighted by molar-refractivity contribution is 6.30. The molecule has 0 bridgehead atoms. The van der Waals surface area contributed by atoms with E-state index >= 15 is 0 Å². The van der Waals surface area contributed by atoms with Crippen LogP contribution >= 0.6 is 11.6 Å². The number of hydrogen-bond donors (Lipinski definition) is 2. The van der Waals surface area contributed by atoms with Crippen LogP contribution < -0.4 is 10.6 Å². The summed E-state index contributed by atoms with van der Waals surface area (Å²) in [7, 11) is 0. The van der Waals surface area contributed by atoms with Gasteiger partial charge in [-0.15, -0.1) is 0 Å². The molecule has 0 spiro atoms. The van der Waals surface area contributed by atoms with Gasteiger partial charge < -0.3 is 10.6 Å². The standard InChI is InChI=1S/C19H25ClN4/c1-13(2)17-10-18(22-12-14-4-3-9-21-11-14)24-19(23-17)15-5-7-16(20)8-6-15/h5-8,10,13-14,21H,3-4,9,11-12H2,1-2H3,(H,22,23,24). The van der Waals surface area contributed by atoms with Crippen LogP contribution in [0.3, 0.4) is 0 Å². The van der Waals surface area contributed by atoms with Gasteiger partial charge in [0.2, 0.25) is 0 Å². The lowest BCUT2D eigenvalue weighted by Gasteiger charge is -2.23. The second-order valence-corrected chi connectivity index (χ2v) is 7.19. The summed E-state index contributed by atoms with van der Waals surface area (Å²) >= 11 is 5.99. The second-order valence-electron chi connectivity index (χ2n) is 6.76. The Balaban J connectivity index is 1.81. The molecule has 1 fully saturated rings. The predicted molar refractivity (Wildman–Crippen MR) is 101 cm³/mol. The first-order valence-corrected chi connectivity index (χ1v) is 9.09. The van der Waals surface area contributed by atoms with E-state index in [1.807, 2.05) is 24.3 Å². The van der Waals surface area contributed by atoms with E-state index in [9.17, 15) is 0 Å². The first kappa shape index (κ1) is 17.2. The minimum absolute atomic E-state index is 0.357. The van der Waals surface area contributed by atoms with E-state index in [2.05, 4.69) is 30.5 Å². The van der Waals surface area contributed by atoms with Gasteiger partial charge in [-0.05, 0) is 62.0 Å². The Morgan fingerprint density at radius 1 is 1.25 bits per heavy atom. The van der Waals surface area contributed by atoms with Gasteiger partial charge in [-0.1, -0.05) is 25.4 Å². The molecule has 24 heavy (non-hydrogen) atoms. The number of piperidine rings is 1. The second kappa shape index (κ2) is 7.95. The summed E-state index contributed by atoms with van der Waals surface area (Å²) in [6.07, 6.45) is 2.52. The first-order valence-electron chi connectivity index (χ1n) is 8.71. The van der Waals surface area contributed by atoms with Gasteiger partial charge >= 0.3 is 0 Å². The van der Waals surface area contributed by atoms with Crippen LogP contribution in [0.1, 0.15) is 38.3 Å². The summed E-state index contributed by atoms with van der Waals surface area (Å²) in [6, 6.07) is 9.76. The molecular weight excluding hydrogens is 320 g/mol. The maximum absolute atomic E-state index is 5.99. The fourth-order valence-electron chi connectivity index (χ4n) is 2.93. The Labute approximate surface area is 149 Å². The molecule has 5 heteroatoms. The molecule has 0 amide bonds. The molecular formula is C19H25ClN4. The summed E-state index contributed by atoms with van der Waals surface area (Å²) in [6.45, 7) is 7.48. The van der Waals surface area contributed by atoms with Crippen molar-refractivity contribution in [3.63, 3.8) is 0 Å². The minimum Gasteiger partial charge on any atom is -0.370 e. The van der Waals surface area contributed by atoms with Crippen molar-refractivity contribution in [2.75, 3.05) is 25.0 Å². The van der Waals surface area contributed by atoms with Crippen molar-refractivity contribution in [1.82, 2.24) is 15.3 Å². The fourth-order valence-corrected chi connectivity index (χ4v) is 3.05. The topological polar surface area (TPSA) is 49.8 Å². The van der Waals surface area contributed by atoms with Crippen LogP contribution in [0.25, 0.3) is 11.4 Å². The number of anilines is 1. The smallest absolute Gasteiger partial charge is 0.161 e. The molecule has 1 atom stereocenters. The van der Waals surface area contributed by atoms with Crippen LogP contribution in [0, 0.1) is 5.92 Å². The predicted octanol–water partition coefficient (Wildman–Crippen LogP) is 4.33. The highest BCUT2D eigenvalue weighted by atomic mass is 35.5. The first-order chi connectivity index (χ1) is 11.6. The molecule has 0 aliphatic carbocycles. The lowest BCUT2D eigenvalue weighted by atomic mass is 10.00.